The lowest BCUT2D eigenvalue weighted by Gasteiger charge is -2.29. The molecule has 20 heavy (non-hydrogen) atoms. The Labute approximate surface area is 127 Å². The Balaban J connectivity index is 2.16. The first kappa shape index (κ1) is 15.1. The van der Waals surface area contributed by atoms with Gasteiger partial charge in [0, 0.05) is 10.5 Å². The summed E-state index contributed by atoms with van der Waals surface area (Å²) in [4.78, 5) is 15.0. The molecule has 1 saturated carbocycles. The zero-order valence-electron chi connectivity index (χ0n) is 11.3. The molecule has 0 amide bonds. The van der Waals surface area contributed by atoms with Crippen LogP contribution in [0.2, 0.25) is 0 Å². The Morgan fingerprint density at radius 3 is 2.50 bits per heavy atom. The highest BCUT2D eigenvalue weighted by Gasteiger charge is 2.32. The van der Waals surface area contributed by atoms with E-state index in [1.54, 1.807) is 12.1 Å². The Bertz CT molecular complexity index is 493. The Kier molecular flexibility index (Phi) is 5.62. The first-order valence-electron chi connectivity index (χ1n) is 7.01. The fourth-order valence-electron chi connectivity index (χ4n) is 2.84. The molecule has 0 aromatic heterocycles. The quantitative estimate of drug-likeness (QED) is 0.248. The SMILES string of the molecule is [N-]=[N+]=N[C@H](C1CCCCC1)[C@@H](Br)C(=O)c1ccccc1. The van der Waals surface area contributed by atoms with Crippen molar-refractivity contribution in [2.75, 3.05) is 0 Å². The van der Waals surface area contributed by atoms with Crippen molar-refractivity contribution in [3.63, 3.8) is 0 Å². The fraction of sp³-hybridized carbons (Fsp3) is 0.533. The summed E-state index contributed by atoms with van der Waals surface area (Å²) in [6.45, 7) is 0. The van der Waals surface area contributed by atoms with E-state index in [2.05, 4.69) is 26.0 Å². The number of benzene rings is 1. The van der Waals surface area contributed by atoms with Gasteiger partial charge in [0.1, 0.15) is 0 Å². The lowest BCUT2D eigenvalue weighted by Crippen LogP contribution is -2.34. The van der Waals surface area contributed by atoms with Crippen LogP contribution in [-0.4, -0.2) is 16.7 Å². The molecule has 1 aliphatic rings. The summed E-state index contributed by atoms with van der Waals surface area (Å²) in [5, 5.41) is 3.91. The third-order valence-electron chi connectivity index (χ3n) is 3.93. The maximum Gasteiger partial charge on any atom is 0.176 e. The molecule has 2 atom stereocenters. The molecule has 4 nitrogen and oxygen atoms in total. The van der Waals surface area contributed by atoms with Crippen LogP contribution in [0.4, 0.5) is 0 Å². The maximum absolute atomic E-state index is 12.5. The number of carbonyl (C=O) groups is 1. The maximum atomic E-state index is 12.5. The van der Waals surface area contributed by atoms with Gasteiger partial charge in [-0.3, -0.25) is 4.79 Å². The van der Waals surface area contributed by atoms with Gasteiger partial charge in [0.2, 0.25) is 0 Å². The van der Waals surface area contributed by atoms with Crippen LogP contribution in [0.1, 0.15) is 42.5 Å². The highest BCUT2D eigenvalue weighted by atomic mass is 79.9. The van der Waals surface area contributed by atoms with Crippen molar-refractivity contribution in [1.29, 1.82) is 0 Å². The van der Waals surface area contributed by atoms with Crippen molar-refractivity contribution >= 4 is 21.7 Å². The Morgan fingerprint density at radius 2 is 1.90 bits per heavy atom. The van der Waals surface area contributed by atoms with Crippen LogP contribution in [0, 0.1) is 5.92 Å². The summed E-state index contributed by atoms with van der Waals surface area (Å²) in [6, 6.07) is 8.86. The van der Waals surface area contributed by atoms with Crippen molar-refractivity contribution in [2.45, 2.75) is 43.0 Å². The van der Waals surface area contributed by atoms with Crippen molar-refractivity contribution < 1.29 is 4.79 Å². The number of alkyl halides is 1. The predicted octanol–water partition coefficient (Wildman–Crippen LogP) is 4.89. The number of ketones is 1. The van der Waals surface area contributed by atoms with E-state index in [4.69, 9.17) is 5.53 Å². The first-order valence-corrected chi connectivity index (χ1v) is 7.93. The van der Waals surface area contributed by atoms with Crippen molar-refractivity contribution in [3.8, 4) is 0 Å². The minimum absolute atomic E-state index is 0.00595. The minimum atomic E-state index is -0.441. The number of hydrogen-bond acceptors (Lipinski definition) is 2. The molecule has 106 valence electrons. The molecule has 1 aliphatic carbocycles. The van der Waals surface area contributed by atoms with Crippen molar-refractivity contribution in [2.24, 2.45) is 11.0 Å². The highest BCUT2D eigenvalue weighted by molar-refractivity contribution is 9.10. The van der Waals surface area contributed by atoms with Crippen LogP contribution in [0.25, 0.3) is 10.4 Å². The second-order valence-electron chi connectivity index (χ2n) is 5.23. The summed E-state index contributed by atoms with van der Waals surface area (Å²) in [5.41, 5.74) is 9.45. The van der Waals surface area contributed by atoms with E-state index in [1.807, 2.05) is 18.2 Å². The van der Waals surface area contributed by atoms with Crippen LogP contribution in [0.3, 0.4) is 0 Å². The van der Waals surface area contributed by atoms with Gasteiger partial charge in [-0.05, 0) is 24.3 Å². The standard InChI is InChI=1S/C15H18BrN3O/c16-13(15(20)12-9-5-2-6-10-12)14(18-19-17)11-7-3-1-4-8-11/h2,5-6,9-11,13-14H,1,3-4,7-8H2/t13-,14-/m1/s1. The molecule has 0 saturated heterocycles. The lowest BCUT2D eigenvalue weighted by molar-refractivity contribution is 0.0971. The molecule has 0 N–H and O–H groups in total. The molecular weight excluding hydrogens is 318 g/mol. The van der Waals surface area contributed by atoms with Gasteiger partial charge in [-0.1, -0.05) is 70.6 Å². The molecule has 0 bridgehead atoms. The number of nitrogens with zero attached hydrogens (tertiary/aromatic N) is 3. The van der Waals surface area contributed by atoms with Gasteiger partial charge >= 0.3 is 0 Å². The molecule has 0 heterocycles. The van der Waals surface area contributed by atoms with Gasteiger partial charge in [0.25, 0.3) is 0 Å². The molecular formula is C15H18BrN3O. The molecule has 0 spiro atoms. The van der Waals surface area contributed by atoms with Gasteiger partial charge in [0.15, 0.2) is 5.78 Å². The number of azide groups is 1. The summed E-state index contributed by atoms with van der Waals surface area (Å²) in [5.74, 6) is 0.297. The number of rotatable bonds is 5. The van der Waals surface area contributed by atoms with E-state index in [1.165, 1.54) is 6.42 Å². The summed E-state index contributed by atoms with van der Waals surface area (Å²) in [6.07, 6.45) is 5.61. The molecule has 1 aromatic rings. The van der Waals surface area contributed by atoms with Crippen LogP contribution >= 0.6 is 15.9 Å². The zero-order valence-corrected chi connectivity index (χ0v) is 12.9. The van der Waals surface area contributed by atoms with Gasteiger partial charge in [-0.15, -0.1) is 0 Å². The summed E-state index contributed by atoms with van der Waals surface area (Å²) >= 11 is 3.47. The largest absolute Gasteiger partial charge is 0.293 e. The molecule has 0 unspecified atom stereocenters. The van der Waals surface area contributed by atoms with Gasteiger partial charge in [0.05, 0.1) is 10.9 Å². The molecule has 5 heteroatoms. The van der Waals surface area contributed by atoms with E-state index >= 15 is 0 Å². The van der Waals surface area contributed by atoms with Gasteiger partial charge in [-0.2, -0.15) is 0 Å². The monoisotopic (exact) mass is 335 g/mol. The average molecular weight is 336 g/mol. The highest BCUT2D eigenvalue weighted by Crippen LogP contribution is 2.33. The van der Waals surface area contributed by atoms with Crippen LogP contribution in [0.15, 0.2) is 35.4 Å². The van der Waals surface area contributed by atoms with Crippen molar-refractivity contribution in [1.82, 2.24) is 0 Å². The van der Waals surface area contributed by atoms with Gasteiger partial charge in [-0.25, -0.2) is 0 Å². The predicted molar refractivity (Wildman–Crippen MR) is 83.0 cm³/mol. The number of halogens is 1. The van der Waals surface area contributed by atoms with E-state index in [-0.39, 0.29) is 11.8 Å². The average Bonchev–Trinajstić information content (AvgIpc) is 2.53. The Hall–Kier alpha value is -1.32. The topological polar surface area (TPSA) is 65.8 Å². The first-order chi connectivity index (χ1) is 9.74. The lowest BCUT2D eigenvalue weighted by atomic mass is 9.82. The van der Waals surface area contributed by atoms with E-state index in [9.17, 15) is 4.79 Å². The second kappa shape index (κ2) is 7.46. The second-order valence-corrected chi connectivity index (χ2v) is 6.21. The van der Waals surface area contributed by atoms with Gasteiger partial charge < -0.3 is 0 Å². The molecule has 0 radical (unpaired) electrons. The number of hydrogen-bond donors (Lipinski definition) is 0. The summed E-state index contributed by atoms with van der Waals surface area (Å²) < 4.78 is 0. The Morgan fingerprint density at radius 1 is 1.25 bits per heavy atom. The van der Waals surface area contributed by atoms with Crippen molar-refractivity contribution in [3.05, 3.63) is 46.3 Å². The molecule has 1 aromatic carbocycles. The smallest absolute Gasteiger partial charge is 0.176 e. The van der Waals surface area contributed by atoms with Crippen LogP contribution in [0.5, 0.6) is 0 Å². The zero-order chi connectivity index (χ0) is 14.4. The molecule has 0 aliphatic heterocycles. The number of carbonyl (C=O) groups excluding carboxylic acids is 1. The van der Waals surface area contributed by atoms with Crippen LogP contribution < -0.4 is 0 Å². The normalized spacial score (nSPS) is 18.9. The van der Waals surface area contributed by atoms with Crippen LogP contribution in [-0.2, 0) is 0 Å². The van der Waals surface area contributed by atoms with E-state index < -0.39 is 4.83 Å². The molecule has 1 fully saturated rings. The fourth-order valence-corrected chi connectivity index (χ4v) is 3.65. The summed E-state index contributed by atoms with van der Waals surface area (Å²) in [7, 11) is 0. The third-order valence-corrected chi connectivity index (χ3v) is 4.88. The third kappa shape index (κ3) is 3.62. The number of Topliss-reactive ketones (excluding diaryl/α,β-unsaturated/α-hetero) is 1. The molecule has 2 rings (SSSR count). The van der Waals surface area contributed by atoms with E-state index in [0.717, 1.165) is 25.7 Å². The minimum Gasteiger partial charge on any atom is -0.293 e. The van der Waals surface area contributed by atoms with E-state index in [0.29, 0.717) is 11.5 Å².